The van der Waals surface area contributed by atoms with Crippen LogP contribution in [0.2, 0.25) is 0 Å². The van der Waals surface area contributed by atoms with E-state index in [1.165, 1.54) is 12.3 Å². The van der Waals surface area contributed by atoms with Gasteiger partial charge >= 0.3 is 0 Å². The number of rotatable bonds is 6. The second-order valence-electron chi connectivity index (χ2n) is 5.10. The van der Waals surface area contributed by atoms with E-state index in [4.69, 9.17) is 8.83 Å². The summed E-state index contributed by atoms with van der Waals surface area (Å²) in [4.78, 5) is -1.10. The zero-order valence-electron chi connectivity index (χ0n) is 12.6. The quantitative estimate of drug-likeness (QED) is 0.697. The van der Waals surface area contributed by atoms with Crippen molar-refractivity contribution < 1.29 is 31.1 Å². The highest BCUT2D eigenvalue weighted by Gasteiger charge is 2.25. The van der Waals surface area contributed by atoms with Gasteiger partial charge in [-0.1, -0.05) is 6.07 Å². The first-order chi connectivity index (χ1) is 11.9. The smallest absolute Gasteiger partial charge is 0.246 e. The van der Waals surface area contributed by atoms with Crippen LogP contribution >= 0.6 is 0 Å². The minimum Gasteiger partial charge on any atom is -0.461 e. The summed E-state index contributed by atoms with van der Waals surface area (Å²) < 4.78 is 63.8. The lowest BCUT2D eigenvalue weighted by molar-refractivity contribution is 0.154. The van der Waals surface area contributed by atoms with Gasteiger partial charge in [0.2, 0.25) is 10.0 Å². The van der Waals surface area contributed by atoms with E-state index < -0.39 is 39.2 Å². The van der Waals surface area contributed by atoms with Gasteiger partial charge < -0.3 is 13.9 Å². The van der Waals surface area contributed by atoms with Crippen LogP contribution in [-0.4, -0.2) is 20.1 Å². The lowest BCUT2D eigenvalue weighted by Crippen LogP contribution is -2.29. The van der Waals surface area contributed by atoms with Crippen LogP contribution in [0.5, 0.6) is 0 Å². The molecule has 2 aromatic heterocycles. The highest BCUT2D eigenvalue weighted by atomic mass is 32.2. The molecule has 1 unspecified atom stereocenters. The van der Waals surface area contributed by atoms with Crippen LogP contribution < -0.4 is 4.72 Å². The predicted molar refractivity (Wildman–Crippen MR) is 82.9 cm³/mol. The fourth-order valence-corrected chi connectivity index (χ4v) is 3.35. The minimum atomic E-state index is -4.48. The van der Waals surface area contributed by atoms with Crippen molar-refractivity contribution in [2.24, 2.45) is 0 Å². The molecule has 2 N–H and O–H groups in total. The molecule has 0 saturated carbocycles. The zero-order valence-corrected chi connectivity index (χ0v) is 13.5. The van der Waals surface area contributed by atoms with Crippen LogP contribution in [0.15, 0.2) is 62.5 Å². The average Bonchev–Trinajstić information content (AvgIpc) is 3.23. The average molecular weight is 369 g/mol. The molecular weight excluding hydrogens is 356 g/mol. The molecule has 0 radical (unpaired) electrons. The Morgan fingerprint density at radius 2 is 1.76 bits per heavy atom. The standard InChI is InChI=1S/C16H13F2NO5S/c17-10-3-1-4-11(18)16(10)25(21,22)19-9-12(20)13-6-7-15(24-13)14-5-2-8-23-14/h1-8,12,19-20H,9H2. The maximum absolute atomic E-state index is 13.6. The summed E-state index contributed by atoms with van der Waals surface area (Å²) in [6.07, 6.45) is 0.0960. The molecule has 0 bridgehead atoms. The number of hydrogen-bond donors (Lipinski definition) is 2. The third-order valence-electron chi connectivity index (χ3n) is 3.37. The summed E-state index contributed by atoms with van der Waals surface area (Å²) >= 11 is 0. The van der Waals surface area contributed by atoms with E-state index in [0.717, 1.165) is 18.2 Å². The van der Waals surface area contributed by atoms with Gasteiger partial charge in [0.05, 0.1) is 6.26 Å². The molecule has 9 heteroatoms. The zero-order chi connectivity index (χ0) is 18.0. The number of hydrogen-bond acceptors (Lipinski definition) is 5. The Bertz CT molecular complexity index is 946. The summed E-state index contributed by atoms with van der Waals surface area (Å²) in [5.74, 6) is -1.59. The molecule has 1 atom stereocenters. The van der Waals surface area contributed by atoms with E-state index >= 15 is 0 Å². The van der Waals surface area contributed by atoms with Gasteiger partial charge in [-0.25, -0.2) is 21.9 Å². The Hall–Kier alpha value is -2.49. The van der Waals surface area contributed by atoms with E-state index in [1.54, 1.807) is 18.2 Å². The summed E-state index contributed by atoms with van der Waals surface area (Å²) in [6.45, 7) is -0.527. The highest BCUT2D eigenvalue weighted by Crippen LogP contribution is 2.26. The molecule has 0 spiro atoms. The number of sulfonamides is 1. The number of aliphatic hydroxyl groups excluding tert-OH is 1. The lowest BCUT2D eigenvalue weighted by atomic mass is 10.3. The molecule has 6 nitrogen and oxygen atoms in total. The van der Waals surface area contributed by atoms with Crippen LogP contribution in [0.4, 0.5) is 8.78 Å². The van der Waals surface area contributed by atoms with E-state index in [1.807, 2.05) is 4.72 Å². The first kappa shape index (κ1) is 17.3. The second-order valence-corrected chi connectivity index (χ2v) is 6.80. The summed E-state index contributed by atoms with van der Waals surface area (Å²) in [6, 6.07) is 9.01. The predicted octanol–water partition coefficient (Wildman–Crippen LogP) is 2.83. The Kier molecular flexibility index (Phi) is 4.71. The van der Waals surface area contributed by atoms with E-state index in [9.17, 15) is 22.3 Å². The van der Waals surface area contributed by atoms with Gasteiger partial charge in [-0.05, 0) is 36.4 Å². The summed E-state index contributed by atoms with van der Waals surface area (Å²) in [5.41, 5.74) is 0. The van der Waals surface area contributed by atoms with Crippen LogP contribution in [0.1, 0.15) is 11.9 Å². The van der Waals surface area contributed by atoms with E-state index in [2.05, 4.69) is 0 Å². The molecule has 0 fully saturated rings. The largest absolute Gasteiger partial charge is 0.461 e. The van der Waals surface area contributed by atoms with Crippen molar-refractivity contribution in [2.45, 2.75) is 11.0 Å². The molecule has 0 aliphatic rings. The van der Waals surface area contributed by atoms with E-state index in [0.29, 0.717) is 11.5 Å². The maximum atomic E-state index is 13.6. The van der Waals surface area contributed by atoms with Crippen LogP contribution in [0.3, 0.4) is 0 Å². The highest BCUT2D eigenvalue weighted by molar-refractivity contribution is 7.89. The van der Waals surface area contributed by atoms with Gasteiger partial charge in [0, 0.05) is 6.54 Å². The van der Waals surface area contributed by atoms with Crippen molar-refractivity contribution in [2.75, 3.05) is 6.54 Å². The lowest BCUT2D eigenvalue weighted by Gasteiger charge is -2.11. The molecule has 0 aliphatic carbocycles. The van der Waals surface area contributed by atoms with Gasteiger partial charge in [0.15, 0.2) is 16.4 Å². The van der Waals surface area contributed by atoms with Crippen molar-refractivity contribution in [3.05, 3.63) is 66.1 Å². The third-order valence-corrected chi connectivity index (χ3v) is 4.85. The number of benzene rings is 1. The molecule has 3 aromatic rings. The SMILES string of the molecule is O=S(=O)(NCC(O)c1ccc(-c2ccco2)o1)c1c(F)cccc1F. The van der Waals surface area contributed by atoms with E-state index in [-0.39, 0.29) is 5.76 Å². The first-order valence-corrected chi connectivity index (χ1v) is 8.62. The first-order valence-electron chi connectivity index (χ1n) is 7.14. The Morgan fingerprint density at radius 1 is 1.04 bits per heavy atom. The molecule has 0 saturated heterocycles. The van der Waals surface area contributed by atoms with Gasteiger partial charge in [-0.2, -0.15) is 0 Å². The molecule has 2 heterocycles. The number of nitrogens with one attached hydrogen (secondary N) is 1. The Balaban J connectivity index is 1.73. The monoisotopic (exact) mass is 369 g/mol. The number of furan rings is 2. The summed E-state index contributed by atoms with van der Waals surface area (Å²) in [5, 5.41) is 10.0. The molecule has 25 heavy (non-hydrogen) atoms. The molecule has 132 valence electrons. The molecular formula is C16H13F2NO5S. The van der Waals surface area contributed by atoms with Gasteiger partial charge in [0.1, 0.15) is 23.5 Å². The van der Waals surface area contributed by atoms with Crippen molar-refractivity contribution in [3.63, 3.8) is 0 Å². The Labute approximate surface area is 141 Å². The number of aliphatic hydroxyl groups is 1. The fourth-order valence-electron chi connectivity index (χ4n) is 2.18. The fraction of sp³-hybridized carbons (Fsp3) is 0.125. The molecule has 0 aliphatic heterocycles. The topological polar surface area (TPSA) is 92.7 Å². The van der Waals surface area contributed by atoms with Crippen molar-refractivity contribution in [3.8, 4) is 11.5 Å². The van der Waals surface area contributed by atoms with Gasteiger partial charge in [-0.3, -0.25) is 0 Å². The molecule has 3 rings (SSSR count). The third kappa shape index (κ3) is 3.63. The van der Waals surface area contributed by atoms with Crippen LogP contribution in [0.25, 0.3) is 11.5 Å². The van der Waals surface area contributed by atoms with Crippen molar-refractivity contribution in [1.29, 1.82) is 0 Å². The maximum Gasteiger partial charge on any atom is 0.246 e. The minimum absolute atomic E-state index is 0.0723. The second kappa shape index (κ2) is 6.79. The molecule has 0 amide bonds. The molecule has 1 aromatic carbocycles. The number of halogens is 2. The van der Waals surface area contributed by atoms with Gasteiger partial charge in [-0.15, -0.1) is 0 Å². The van der Waals surface area contributed by atoms with Crippen molar-refractivity contribution >= 4 is 10.0 Å². The van der Waals surface area contributed by atoms with Crippen LogP contribution in [-0.2, 0) is 10.0 Å². The van der Waals surface area contributed by atoms with Crippen molar-refractivity contribution in [1.82, 2.24) is 4.72 Å². The van der Waals surface area contributed by atoms with Crippen LogP contribution in [0, 0.1) is 11.6 Å². The van der Waals surface area contributed by atoms with Gasteiger partial charge in [0.25, 0.3) is 0 Å². The Morgan fingerprint density at radius 3 is 2.40 bits per heavy atom. The summed E-state index contributed by atoms with van der Waals surface area (Å²) in [7, 11) is -4.48. The normalized spacial score (nSPS) is 13.1.